The van der Waals surface area contributed by atoms with Crippen LogP contribution in [-0.2, 0) is 19.1 Å². The van der Waals surface area contributed by atoms with Crippen molar-refractivity contribution in [3.05, 3.63) is 0 Å². The molecule has 0 spiro atoms. The zero-order valence-electron chi connectivity index (χ0n) is 13.5. The number of carbonyl (C=O) groups excluding carboxylic acids is 2. The second-order valence-corrected chi connectivity index (χ2v) is 6.56. The van der Waals surface area contributed by atoms with E-state index in [-0.39, 0.29) is 12.8 Å². The van der Waals surface area contributed by atoms with E-state index in [9.17, 15) is 22.8 Å². The summed E-state index contributed by atoms with van der Waals surface area (Å²) in [4.78, 5) is 23.0. The summed E-state index contributed by atoms with van der Waals surface area (Å²) in [6.45, 7) is 2.76. The van der Waals surface area contributed by atoms with Crippen LogP contribution >= 0.6 is 0 Å². The summed E-state index contributed by atoms with van der Waals surface area (Å²) in [5.74, 6) is -2.71. The van der Waals surface area contributed by atoms with Crippen molar-refractivity contribution in [2.75, 3.05) is 6.61 Å². The SMILES string of the molecule is CC(C)(OC(=O)COC(=O)C(C)(O)C(F)(F)F)C1CCCCC1. The lowest BCUT2D eigenvalue weighted by Gasteiger charge is -2.36. The summed E-state index contributed by atoms with van der Waals surface area (Å²) < 4.78 is 46.9. The van der Waals surface area contributed by atoms with Gasteiger partial charge in [0.15, 0.2) is 6.61 Å². The third kappa shape index (κ3) is 5.09. The van der Waals surface area contributed by atoms with E-state index in [0.29, 0.717) is 0 Å². The first-order valence-electron chi connectivity index (χ1n) is 7.56. The maximum absolute atomic E-state index is 12.5. The molecule has 0 amide bonds. The van der Waals surface area contributed by atoms with Gasteiger partial charge < -0.3 is 14.6 Å². The lowest BCUT2D eigenvalue weighted by atomic mass is 9.79. The number of rotatable bonds is 5. The van der Waals surface area contributed by atoms with Crippen molar-refractivity contribution in [1.82, 2.24) is 0 Å². The van der Waals surface area contributed by atoms with E-state index in [4.69, 9.17) is 9.84 Å². The molecule has 1 rings (SSSR count). The van der Waals surface area contributed by atoms with Crippen molar-refractivity contribution in [3.8, 4) is 0 Å². The Morgan fingerprint density at radius 1 is 1.09 bits per heavy atom. The quantitative estimate of drug-likeness (QED) is 0.779. The molecular formula is C15H23F3O5. The van der Waals surface area contributed by atoms with Crippen LogP contribution in [0.5, 0.6) is 0 Å². The fourth-order valence-electron chi connectivity index (χ4n) is 2.58. The van der Waals surface area contributed by atoms with E-state index in [1.54, 1.807) is 13.8 Å². The summed E-state index contributed by atoms with van der Waals surface area (Å²) in [6.07, 6.45) is -0.171. The van der Waals surface area contributed by atoms with Crippen LogP contribution in [-0.4, -0.2) is 41.0 Å². The number of esters is 2. The normalized spacial score (nSPS) is 19.8. The molecule has 0 saturated heterocycles. The predicted octanol–water partition coefficient (Wildman–Crippen LogP) is 2.75. The molecule has 1 aliphatic rings. The number of carbonyl (C=O) groups is 2. The minimum absolute atomic E-state index is 0.161. The number of halogens is 3. The van der Waals surface area contributed by atoms with Crippen molar-refractivity contribution in [3.63, 3.8) is 0 Å². The first-order chi connectivity index (χ1) is 10.4. The van der Waals surface area contributed by atoms with Crippen molar-refractivity contribution in [2.24, 2.45) is 5.92 Å². The number of aliphatic hydroxyl groups is 1. The third-order valence-corrected chi connectivity index (χ3v) is 4.24. The molecule has 23 heavy (non-hydrogen) atoms. The minimum Gasteiger partial charge on any atom is -0.457 e. The van der Waals surface area contributed by atoms with Crippen LogP contribution in [0.2, 0.25) is 0 Å². The summed E-state index contributed by atoms with van der Waals surface area (Å²) in [7, 11) is 0. The topological polar surface area (TPSA) is 72.8 Å². The fraction of sp³-hybridized carbons (Fsp3) is 0.867. The molecule has 1 saturated carbocycles. The van der Waals surface area contributed by atoms with Gasteiger partial charge in [-0.2, -0.15) is 13.2 Å². The smallest absolute Gasteiger partial charge is 0.427 e. The average molecular weight is 340 g/mol. The Morgan fingerprint density at radius 3 is 2.09 bits per heavy atom. The third-order valence-electron chi connectivity index (χ3n) is 4.24. The van der Waals surface area contributed by atoms with Gasteiger partial charge >= 0.3 is 18.1 Å². The monoisotopic (exact) mass is 340 g/mol. The predicted molar refractivity (Wildman–Crippen MR) is 74.4 cm³/mol. The number of hydrogen-bond donors (Lipinski definition) is 1. The molecule has 0 aromatic heterocycles. The Kier molecular flexibility index (Phi) is 6.06. The molecule has 0 bridgehead atoms. The highest BCUT2D eigenvalue weighted by Gasteiger charge is 2.57. The van der Waals surface area contributed by atoms with E-state index in [1.165, 1.54) is 0 Å². The zero-order valence-corrected chi connectivity index (χ0v) is 13.5. The lowest BCUT2D eigenvalue weighted by Crippen LogP contribution is -2.50. The van der Waals surface area contributed by atoms with Gasteiger partial charge in [-0.15, -0.1) is 0 Å². The molecule has 1 unspecified atom stereocenters. The van der Waals surface area contributed by atoms with Crippen LogP contribution in [0.25, 0.3) is 0 Å². The molecule has 1 atom stereocenters. The van der Waals surface area contributed by atoms with Gasteiger partial charge in [0.2, 0.25) is 0 Å². The molecular weight excluding hydrogens is 317 g/mol. The highest BCUT2D eigenvalue weighted by molar-refractivity contribution is 5.82. The van der Waals surface area contributed by atoms with E-state index >= 15 is 0 Å². The summed E-state index contributed by atoms with van der Waals surface area (Å²) >= 11 is 0. The van der Waals surface area contributed by atoms with E-state index in [1.807, 2.05) is 0 Å². The number of hydrogen-bond acceptors (Lipinski definition) is 5. The van der Waals surface area contributed by atoms with Gasteiger partial charge in [-0.3, -0.25) is 0 Å². The van der Waals surface area contributed by atoms with Crippen LogP contribution < -0.4 is 0 Å². The standard InChI is InChI=1S/C15H23F3O5/c1-13(2,10-7-5-4-6-8-10)23-11(19)9-22-12(20)14(3,21)15(16,17)18/h10,21H,4-9H2,1-3H3. The Bertz CT molecular complexity index is 437. The molecule has 8 heteroatoms. The van der Waals surface area contributed by atoms with Crippen LogP contribution in [0.1, 0.15) is 52.9 Å². The van der Waals surface area contributed by atoms with Gasteiger partial charge in [-0.1, -0.05) is 19.3 Å². The highest BCUT2D eigenvalue weighted by atomic mass is 19.4. The van der Waals surface area contributed by atoms with Gasteiger partial charge in [-0.05, 0) is 39.5 Å². The Morgan fingerprint density at radius 2 is 1.61 bits per heavy atom. The average Bonchev–Trinajstić information content (AvgIpc) is 2.44. The largest absolute Gasteiger partial charge is 0.457 e. The van der Waals surface area contributed by atoms with Crippen molar-refractivity contribution in [2.45, 2.75) is 70.3 Å². The summed E-state index contributed by atoms with van der Waals surface area (Å²) in [5.41, 5.74) is -4.44. The van der Waals surface area contributed by atoms with Gasteiger partial charge in [0.05, 0.1) is 0 Å². The fourth-order valence-corrected chi connectivity index (χ4v) is 2.58. The molecule has 134 valence electrons. The molecule has 0 aromatic rings. The molecule has 0 aliphatic heterocycles. The van der Waals surface area contributed by atoms with Crippen LogP contribution in [0.3, 0.4) is 0 Å². The molecule has 1 fully saturated rings. The van der Waals surface area contributed by atoms with Crippen molar-refractivity contribution in [1.29, 1.82) is 0 Å². The molecule has 0 aromatic carbocycles. The highest BCUT2D eigenvalue weighted by Crippen LogP contribution is 2.35. The second-order valence-electron chi connectivity index (χ2n) is 6.56. The summed E-state index contributed by atoms with van der Waals surface area (Å²) in [6, 6.07) is 0. The van der Waals surface area contributed by atoms with Crippen molar-refractivity contribution < 1.29 is 37.3 Å². The van der Waals surface area contributed by atoms with Gasteiger partial charge in [0.25, 0.3) is 5.60 Å². The van der Waals surface area contributed by atoms with Crippen LogP contribution in [0.4, 0.5) is 13.2 Å². The maximum Gasteiger partial charge on any atom is 0.427 e. The van der Waals surface area contributed by atoms with Crippen LogP contribution in [0, 0.1) is 5.92 Å². The summed E-state index contributed by atoms with van der Waals surface area (Å²) in [5, 5.41) is 9.12. The molecule has 1 aliphatic carbocycles. The van der Waals surface area contributed by atoms with Crippen LogP contribution in [0.15, 0.2) is 0 Å². The Balaban J connectivity index is 2.52. The molecule has 1 N–H and O–H groups in total. The first kappa shape index (κ1) is 19.7. The maximum atomic E-state index is 12.5. The van der Waals surface area contributed by atoms with Gasteiger partial charge in [0.1, 0.15) is 5.60 Å². The first-order valence-corrected chi connectivity index (χ1v) is 7.56. The van der Waals surface area contributed by atoms with Gasteiger partial charge in [-0.25, -0.2) is 9.59 Å². The Labute approximate surface area is 133 Å². The van der Waals surface area contributed by atoms with Crippen molar-refractivity contribution >= 4 is 11.9 Å². The lowest BCUT2D eigenvalue weighted by molar-refractivity contribution is -0.257. The molecule has 0 radical (unpaired) electrons. The number of ether oxygens (including phenoxy) is 2. The number of alkyl halides is 3. The van der Waals surface area contributed by atoms with E-state index < -0.39 is 35.9 Å². The van der Waals surface area contributed by atoms with E-state index in [0.717, 1.165) is 32.1 Å². The zero-order chi connectivity index (χ0) is 17.9. The minimum atomic E-state index is -5.19. The molecule has 5 nitrogen and oxygen atoms in total. The Hall–Kier alpha value is -1.31. The van der Waals surface area contributed by atoms with E-state index in [2.05, 4.69) is 4.74 Å². The van der Waals surface area contributed by atoms with Gasteiger partial charge in [0, 0.05) is 0 Å². The second kappa shape index (κ2) is 7.07. The molecule has 0 heterocycles.